The first kappa shape index (κ1) is 9.52. The molecule has 0 saturated carbocycles. The first-order chi connectivity index (χ1) is 5.52. The van der Waals surface area contributed by atoms with E-state index >= 15 is 0 Å². The van der Waals surface area contributed by atoms with Crippen molar-refractivity contribution in [1.29, 1.82) is 0 Å². The summed E-state index contributed by atoms with van der Waals surface area (Å²) in [5, 5.41) is 0.320. The fraction of sp³-hybridized carbons (Fsp3) is 0.556. The van der Waals surface area contributed by atoms with Crippen LogP contribution >= 0.6 is 11.8 Å². The van der Waals surface area contributed by atoms with Crippen LogP contribution in [0.5, 0.6) is 0 Å². The second-order valence-corrected chi connectivity index (χ2v) is 4.70. The van der Waals surface area contributed by atoms with Gasteiger partial charge in [0.2, 0.25) is 0 Å². The highest BCUT2D eigenvalue weighted by Crippen LogP contribution is 2.32. The Labute approximate surface area is 76.4 Å². The molecule has 0 N–H and O–H groups in total. The van der Waals surface area contributed by atoms with E-state index in [0.29, 0.717) is 17.2 Å². The molecule has 0 bridgehead atoms. The van der Waals surface area contributed by atoms with Crippen LogP contribution in [0.2, 0.25) is 0 Å². The van der Waals surface area contributed by atoms with Crippen molar-refractivity contribution in [3.8, 4) is 0 Å². The van der Waals surface area contributed by atoms with E-state index in [4.69, 9.17) is 0 Å². The Bertz CT molecular complexity index is 266. The van der Waals surface area contributed by atoms with Crippen molar-refractivity contribution in [2.24, 2.45) is 0 Å². The van der Waals surface area contributed by atoms with Crippen LogP contribution in [0.1, 0.15) is 27.2 Å². The molecule has 2 nitrogen and oxygen atoms in total. The van der Waals surface area contributed by atoms with E-state index in [-0.39, 0.29) is 11.6 Å². The molecule has 1 rings (SSSR count). The molecular weight excluding hydrogens is 172 g/mol. The number of carbonyl (C=O) groups excluding carboxylic acids is 2. The minimum atomic E-state index is -0.100. The Morgan fingerprint density at radius 1 is 1.58 bits per heavy atom. The molecule has 1 heterocycles. The molecule has 0 radical (unpaired) electrons. The lowest BCUT2D eigenvalue weighted by atomic mass is 10.0. The Morgan fingerprint density at radius 2 is 2.17 bits per heavy atom. The molecule has 0 fully saturated rings. The summed E-state index contributed by atoms with van der Waals surface area (Å²) in [5.74, 6) is -0.0943. The summed E-state index contributed by atoms with van der Waals surface area (Å²) in [4.78, 5) is 23.3. The summed E-state index contributed by atoms with van der Waals surface area (Å²) >= 11 is 1.62. The van der Waals surface area contributed by atoms with E-state index in [1.807, 2.05) is 13.8 Å². The highest BCUT2D eigenvalue weighted by molar-refractivity contribution is 8.03. The van der Waals surface area contributed by atoms with Gasteiger partial charge in [0, 0.05) is 11.7 Å². The molecule has 3 heteroatoms. The molecule has 0 amide bonds. The van der Waals surface area contributed by atoms with Gasteiger partial charge in [0.25, 0.3) is 0 Å². The smallest absolute Gasteiger partial charge is 0.168 e. The molecular formula is C9H12O2S. The Balaban J connectivity index is 3.01. The number of carbonyl (C=O) groups is 2. The molecule has 0 saturated heterocycles. The van der Waals surface area contributed by atoms with Crippen molar-refractivity contribution < 1.29 is 9.59 Å². The van der Waals surface area contributed by atoms with Crippen molar-refractivity contribution in [2.75, 3.05) is 0 Å². The van der Waals surface area contributed by atoms with Crippen molar-refractivity contribution >= 4 is 23.3 Å². The Kier molecular flexibility index (Phi) is 2.73. The molecule has 1 aliphatic rings. The second-order valence-electron chi connectivity index (χ2n) is 3.04. The van der Waals surface area contributed by atoms with Gasteiger partial charge < -0.3 is 0 Å². The minimum Gasteiger partial charge on any atom is -0.294 e. The summed E-state index contributed by atoms with van der Waals surface area (Å²) in [6.07, 6.45) is 0.497. The van der Waals surface area contributed by atoms with E-state index in [1.165, 1.54) is 6.92 Å². The predicted molar refractivity (Wildman–Crippen MR) is 50.1 cm³/mol. The minimum absolute atomic E-state index is 0.00579. The van der Waals surface area contributed by atoms with E-state index < -0.39 is 0 Å². The van der Waals surface area contributed by atoms with E-state index in [9.17, 15) is 9.59 Å². The average molecular weight is 184 g/mol. The van der Waals surface area contributed by atoms with Crippen LogP contribution in [0.25, 0.3) is 0 Å². The fourth-order valence-electron chi connectivity index (χ4n) is 1.41. The van der Waals surface area contributed by atoms with Crippen molar-refractivity contribution in [2.45, 2.75) is 32.4 Å². The second kappa shape index (κ2) is 3.44. The van der Waals surface area contributed by atoms with E-state index in [2.05, 4.69) is 0 Å². The maximum Gasteiger partial charge on any atom is 0.168 e. The lowest BCUT2D eigenvalue weighted by molar-refractivity contribution is -0.120. The van der Waals surface area contributed by atoms with Crippen molar-refractivity contribution in [3.63, 3.8) is 0 Å². The highest BCUT2D eigenvalue weighted by atomic mass is 32.2. The molecule has 12 heavy (non-hydrogen) atoms. The monoisotopic (exact) mass is 184 g/mol. The third-order valence-electron chi connectivity index (χ3n) is 1.83. The van der Waals surface area contributed by atoms with E-state index in [1.54, 1.807) is 11.8 Å². The molecule has 1 unspecified atom stereocenters. The van der Waals surface area contributed by atoms with Crippen LogP contribution in [0.15, 0.2) is 10.5 Å². The topological polar surface area (TPSA) is 34.1 Å². The standard InChI is InChI=1S/C9H12O2S/c1-5-4-8(11)9(6(2)10)7(3)12-5/h5H,4H2,1-3H3. The quantitative estimate of drug-likeness (QED) is 0.584. The van der Waals surface area contributed by atoms with Gasteiger partial charge in [-0.25, -0.2) is 0 Å². The van der Waals surface area contributed by atoms with Gasteiger partial charge in [0.15, 0.2) is 11.6 Å². The molecule has 0 spiro atoms. The molecule has 0 aromatic carbocycles. The van der Waals surface area contributed by atoms with Gasteiger partial charge in [-0.3, -0.25) is 9.59 Å². The van der Waals surface area contributed by atoms with Crippen molar-refractivity contribution in [3.05, 3.63) is 10.5 Å². The number of allylic oxidation sites excluding steroid dienone is 2. The highest BCUT2D eigenvalue weighted by Gasteiger charge is 2.25. The lowest BCUT2D eigenvalue weighted by Gasteiger charge is -2.19. The molecule has 66 valence electrons. The number of rotatable bonds is 1. The van der Waals surface area contributed by atoms with Gasteiger partial charge in [-0.15, -0.1) is 11.8 Å². The molecule has 1 aliphatic heterocycles. The third kappa shape index (κ3) is 1.78. The zero-order chi connectivity index (χ0) is 9.30. The molecule has 0 aromatic heterocycles. The van der Waals surface area contributed by atoms with Gasteiger partial charge in [-0.2, -0.15) is 0 Å². The Morgan fingerprint density at radius 3 is 2.58 bits per heavy atom. The summed E-state index contributed by atoms with van der Waals surface area (Å²) in [5.41, 5.74) is 0.415. The third-order valence-corrected chi connectivity index (χ3v) is 2.96. The van der Waals surface area contributed by atoms with Crippen LogP contribution in [-0.2, 0) is 9.59 Å². The molecule has 0 aromatic rings. The van der Waals surface area contributed by atoms with Gasteiger partial charge >= 0.3 is 0 Å². The van der Waals surface area contributed by atoms with Gasteiger partial charge in [-0.1, -0.05) is 6.92 Å². The van der Waals surface area contributed by atoms with Crippen molar-refractivity contribution in [1.82, 2.24) is 0 Å². The van der Waals surface area contributed by atoms with Crippen LogP contribution in [0.4, 0.5) is 0 Å². The first-order valence-corrected chi connectivity index (χ1v) is 4.82. The summed E-state index contributed by atoms with van der Waals surface area (Å²) in [7, 11) is 0. The van der Waals surface area contributed by atoms with E-state index in [0.717, 1.165) is 4.91 Å². The summed E-state index contributed by atoms with van der Waals surface area (Å²) in [6, 6.07) is 0. The summed E-state index contributed by atoms with van der Waals surface area (Å²) < 4.78 is 0. The lowest BCUT2D eigenvalue weighted by Crippen LogP contribution is -2.20. The zero-order valence-corrected chi connectivity index (χ0v) is 8.33. The average Bonchev–Trinajstić information content (AvgIpc) is 1.82. The van der Waals surface area contributed by atoms with Gasteiger partial charge in [-0.05, 0) is 18.8 Å². The van der Waals surface area contributed by atoms with Crippen LogP contribution in [0, 0.1) is 0 Å². The normalized spacial score (nSPS) is 24.6. The summed E-state index contributed by atoms with van der Waals surface area (Å²) in [6.45, 7) is 5.30. The molecule has 0 aliphatic carbocycles. The SMILES string of the molecule is CC(=O)C1=C(C)SC(C)CC1=O. The fourth-order valence-corrected chi connectivity index (χ4v) is 2.62. The number of ketones is 2. The molecule has 1 atom stereocenters. The number of hydrogen-bond acceptors (Lipinski definition) is 3. The number of Topliss-reactive ketones (excluding diaryl/α,β-unsaturated/α-hetero) is 2. The predicted octanol–water partition coefficient (Wildman–Crippen LogP) is 1.94. The Hall–Kier alpha value is -0.570. The number of thioether (sulfide) groups is 1. The zero-order valence-electron chi connectivity index (χ0n) is 7.51. The van der Waals surface area contributed by atoms with Crippen LogP contribution in [-0.4, -0.2) is 16.8 Å². The maximum absolute atomic E-state index is 11.4. The number of hydrogen-bond donors (Lipinski definition) is 0. The first-order valence-electron chi connectivity index (χ1n) is 3.94. The van der Waals surface area contributed by atoms with Crippen LogP contribution < -0.4 is 0 Å². The largest absolute Gasteiger partial charge is 0.294 e. The van der Waals surface area contributed by atoms with Gasteiger partial charge in [0.1, 0.15) is 0 Å². The van der Waals surface area contributed by atoms with Gasteiger partial charge in [0.05, 0.1) is 5.57 Å². The van der Waals surface area contributed by atoms with Crippen LogP contribution in [0.3, 0.4) is 0 Å². The maximum atomic E-state index is 11.4.